The number of amides is 1. The first kappa shape index (κ1) is 19.4. The molecule has 0 unspecified atom stereocenters. The maximum absolute atomic E-state index is 12.7. The summed E-state index contributed by atoms with van der Waals surface area (Å²) in [6, 6.07) is 11.6. The number of anilines is 1. The van der Waals surface area contributed by atoms with Gasteiger partial charge in [0.2, 0.25) is 0 Å². The summed E-state index contributed by atoms with van der Waals surface area (Å²) in [5.74, 6) is 1.57. The van der Waals surface area contributed by atoms with Crippen LogP contribution in [0.5, 0.6) is 0 Å². The molecule has 1 aromatic carbocycles. The maximum atomic E-state index is 12.7. The van der Waals surface area contributed by atoms with Gasteiger partial charge in [-0.2, -0.15) is 0 Å². The topological polar surface area (TPSA) is 58.1 Å². The molecule has 0 aliphatic rings. The molecule has 140 valence electrons. The van der Waals surface area contributed by atoms with Gasteiger partial charge in [0.25, 0.3) is 5.91 Å². The summed E-state index contributed by atoms with van der Waals surface area (Å²) in [4.78, 5) is 24.4. The average Bonchev–Trinajstić information content (AvgIpc) is 3.10. The molecule has 7 heteroatoms. The zero-order valence-corrected chi connectivity index (χ0v) is 17.2. The fourth-order valence-electron chi connectivity index (χ4n) is 2.47. The van der Waals surface area contributed by atoms with Gasteiger partial charge in [-0.15, -0.1) is 23.1 Å². The lowest BCUT2D eigenvalue weighted by molar-refractivity contribution is 0.0948. The molecular formula is C20H22N4OS2. The van der Waals surface area contributed by atoms with Crippen LogP contribution in [0.1, 0.15) is 26.6 Å². The molecule has 5 nitrogen and oxygen atoms in total. The molecule has 0 aliphatic heterocycles. The van der Waals surface area contributed by atoms with E-state index in [1.807, 2.05) is 62.3 Å². The van der Waals surface area contributed by atoms with Crippen LogP contribution in [-0.2, 0) is 12.3 Å². The number of pyridine rings is 1. The lowest BCUT2D eigenvalue weighted by Crippen LogP contribution is -2.23. The number of carbonyl (C=O) groups excluding carboxylic acids is 1. The van der Waals surface area contributed by atoms with Crippen molar-refractivity contribution < 1.29 is 4.79 Å². The van der Waals surface area contributed by atoms with Gasteiger partial charge in [-0.1, -0.05) is 18.2 Å². The Morgan fingerprint density at radius 1 is 1.22 bits per heavy atom. The number of hydrogen-bond donors (Lipinski definition) is 1. The first-order valence-electron chi connectivity index (χ1n) is 8.56. The smallest absolute Gasteiger partial charge is 0.252 e. The van der Waals surface area contributed by atoms with Gasteiger partial charge in [-0.05, 0) is 30.7 Å². The molecule has 0 saturated heterocycles. The molecular weight excluding hydrogens is 376 g/mol. The van der Waals surface area contributed by atoms with E-state index in [1.54, 1.807) is 29.3 Å². The van der Waals surface area contributed by atoms with Gasteiger partial charge < -0.3 is 10.2 Å². The van der Waals surface area contributed by atoms with Gasteiger partial charge >= 0.3 is 0 Å². The number of carbonyl (C=O) groups is 1. The van der Waals surface area contributed by atoms with Crippen LogP contribution in [0.15, 0.2) is 52.9 Å². The van der Waals surface area contributed by atoms with Crippen LogP contribution in [0.3, 0.4) is 0 Å². The molecule has 0 spiro atoms. The highest BCUT2D eigenvalue weighted by molar-refractivity contribution is 7.98. The molecule has 3 aromatic rings. The third-order valence-corrected chi connectivity index (χ3v) is 5.82. The fourth-order valence-corrected chi connectivity index (χ4v) is 4.13. The normalized spacial score (nSPS) is 10.6. The zero-order chi connectivity index (χ0) is 19.2. The average molecular weight is 399 g/mol. The second-order valence-electron chi connectivity index (χ2n) is 6.24. The SMILES string of the molecule is Cc1nc(CSc2ccccc2C(=O)NCc2ccc(N(C)C)nc2)cs1. The van der Waals surface area contributed by atoms with Crippen LogP contribution in [0.2, 0.25) is 0 Å². The van der Waals surface area contributed by atoms with Crippen molar-refractivity contribution in [2.75, 3.05) is 19.0 Å². The first-order chi connectivity index (χ1) is 13.0. The van der Waals surface area contributed by atoms with Gasteiger partial charge in [0.05, 0.1) is 16.3 Å². The number of aromatic nitrogens is 2. The van der Waals surface area contributed by atoms with Crippen LogP contribution in [-0.4, -0.2) is 30.0 Å². The minimum absolute atomic E-state index is 0.0794. The molecule has 3 rings (SSSR count). The van der Waals surface area contributed by atoms with Gasteiger partial charge in [-0.25, -0.2) is 9.97 Å². The molecule has 1 N–H and O–H groups in total. The zero-order valence-electron chi connectivity index (χ0n) is 15.6. The summed E-state index contributed by atoms with van der Waals surface area (Å²) >= 11 is 3.28. The van der Waals surface area contributed by atoms with Gasteiger partial charge in [0.15, 0.2) is 0 Å². The lowest BCUT2D eigenvalue weighted by atomic mass is 10.2. The number of hydrogen-bond acceptors (Lipinski definition) is 6. The Labute approximate surface area is 167 Å². The number of thiazole rings is 1. The van der Waals surface area contributed by atoms with E-state index in [-0.39, 0.29) is 5.91 Å². The highest BCUT2D eigenvalue weighted by atomic mass is 32.2. The molecule has 0 aliphatic carbocycles. The number of thioether (sulfide) groups is 1. The largest absolute Gasteiger partial charge is 0.363 e. The standard InChI is InChI=1S/C20H22N4OS2/c1-14-23-16(12-26-14)13-27-18-7-5-4-6-17(18)20(25)22-11-15-8-9-19(21-10-15)24(2)3/h4-10,12H,11,13H2,1-3H3,(H,22,25). The van der Waals surface area contributed by atoms with Crippen molar-refractivity contribution in [3.8, 4) is 0 Å². The van der Waals surface area contributed by atoms with Gasteiger partial charge in [-0.3, -0.25) is 4.79 Å². The summed E-state index contributed by atoms with van der Waals surface area (Å²) in [6.07, 6.45) is 1.79. The molecule has 2 heterocycles. The molecule has 2 aromatic heterocycles. The van der Waals surface area contributed by atoms with E-state index >= 15 is 0 Å². The van der Waals surface area contributed by atoms with Crippen LogP contribution in [0.4, 0.5) is 5.82 Å². The predicted molar refractivity (Wildman–Crippen MR) is 113 cm³/mol. The minimum Gasteiger partial charge on any atom is -0.363 e. The molecule has 0 saturated carbocycles. The van der Waals surface area contributed by atoms with Crippen molar-refractivity contribution >= 4 is 34.8 Å². The molecule has 0 atom stereocenters. The number of benzene rings is 1. The van der Waals surface area contributed by atoms with Crippen molar-refractivity contribution in [3.63, 3.8) is 0 Å². The van der Waals surface area contributed by atoms with Crippen molar-refractivity contribution in [2.24, 2.45) is 0 Å². The van der Waals surface area contributed by atoms with Crippen molar-refractivity contribution in [1.29, 1.82) is 0 Å². The van der Waals surface area contributed by atoms with E-state index in [4.69, 9.17) is 0 Å². The van der Waals surface area contributed by atoms with Crippen molar-refractivity contribution in [2.45, 2.75) is 24.1 Å². The molecule has 1 amide bonds. The Bertz CT molecular complexity index is 906. The van der Waals surface area contributed by atoms with Crippen LogP contribution < -0.4 is 10.2 Å². The highest BCUT2D eigenvalue weighted by Gasteiger charge is 2.12. The van der Waals surface area contributed by atoms with E-state index in [2.05, 4.69) is 20.7 Å². The summed E-state index contributed by atoms with van der Waals surface area (Å²) < 4.78 is 0. The predicted octanol–water partition coefficient (Wildman–Crippen LogP) is 4.13. The van der Waals surface area contributed by atoms with Crippen LogP contribution in [0.25, 0.3) is 0 Å². The Hall–Kier alpha value is -2.38. The summed E-state index contributed by atoms with van der Waals surface area (Å²) in [6.45, 7) is 2.45. The third-order valence-electron chi connectivity index (χ3n) is 3.89. The monoisotopic (exact) mass is 398 g/mol. The molecule has 0 fully saturated rings. The fraction of sp³-hybridized carbons (Fsp3) is 0.250. The maximum Gasteiger partial charge on any atom is 0.252 e. The number of aryl methyl sites for hydroxylation is 1. The quantitative estimate of drug-likeness (QED) is 0.606. The Morgan fingerprint density at radius 2 is 2.04 bits per heavy atom. The summed E-state index contributed by atoms with van der Waals surface area (Å²) in [5, 5.41) is 6.11. The van der Waals surface area contributed by atoms with E-state index < -0.39 is 0 Å². The Balaban J connectivity index is 1.62. The molecule has 0 bridgehead atoms. The second kappa shape index (κ2) is 9.01. The van der Waals surface area contributed by atoms with E-state index in [1.165, 1.54) is 0 Å². The summed E-state index contributed by atoms with van der Waals surface area (Å²) in [7, 11) is 3.90. The first-order valence-corrected chi connectivity index (χ1v) is 10.4. The Morgan fingerprint density at radius 3 is 2.70 bits per heavy atom. The van der Waals surface area contributed by atoms with Gasteiger partial charge in [0.1, 0.15) is 5.82 Å². The van der Waals surface area contributed by atoms with Crippen molar-refractivity contribution in [1.82, 2.24) is 15.3 Å². The highest BCUT2D eigenvalue weighted by Crippen LogP contribution is 2.27. The van der Waals surface area contributed by atoms with Crippen LogP contribution >= 0.6 is 23.1 Å². The minimum atomic E-state index is -0.0794. The molecule has 27 heavy (non-hydrogen) atoms. The third kappa shape index (κ3) is 5.30. The Kier molecular flexibility index (Phi) is 6.47. The second-order valence-corrected chi connectivity index (χ2v) is 8.32. The molecule has 0 radical (unpaired) electrons. The number of nitrogens with zero attached hydrogens (tertiary/aromatic N) is 3. The van der Waals surface area contributed by atoms with Crippen LogP contribution in [0, 0.1) is 6.92 Å². The number of nitrogens with one attached hydrogen (secondary N) is 1. The van der Waals surface area contributed by atoms with E-state index in [0.29, 0.717) is 12.1 Å². The van der Waals surface area contributed by atoms with E-state index in [0.717, 1.165) is 32.7 Å². The summed E-state index contributed by atoms with van der Waals surface area (Å²) in [5.41, 5.74) is 2.70. The van der Waals surface area contributed by atoms with Gasteiger partial charge in [0, 0.05) is 42.9 Å². The van der Waals surface area contributed by atoms with E-state index in [9.17, 15) is 4.79 Å². The van der Waals surface area contributed by atoms with Crippen molar-refractivity contribution in [3.05, 3.63) is 69.8 Å². The lowest BCUT2D eigenvalue weighted by Gasteiger charge is -2.12. The number of rotatable bonds is 7.